The van der Waals surface area contributed by atoms with E-state index in [0.717, 1.165) is 5.56 Å². The maximum atomic E-state index is 10.9. The number of amides is 1. The summed E-state index contributed by atoms with van der Waals surface area (Å²) in [4.78, 5) is 14.7. The lowest BCUT2D eigenvalue weighted by Crippen LogP contribution is -2.12. The van der Waals surface area contributed by atoms with Crippen LogP contribution in [0.5, 0.6) is 0 Å². The van der Waals surface area contributed by atoms with Crippen molar-refractivity contribution in [1.82, 2.24) is 0 Å². The molecular formula is C10H9NO2. The first-order valence-electron chi connectivity index (χ1n) is 4.12. The Hall–Kier alpha value is -1.48. The zero-order valence-corrected chi connectivity index (χ0v) is 6.97. The lowest BCUT2D eigenvalue weighted by molar-refractivity contribution is -0.124. The number of carbonyl (C=O) groups excluding carboxylic acids is 1. The largest absolute Gasteiger partial charge is 0.383 e. The summed E-state index contributed by atoms with van der Waals surface area (Å²) in [6.45, 7) is 0. The summed E-state index contributed by atoms with van der Waals surface area (Å²) in [5.74, 6) is -0.432. The van der Waals surface area contributed by atoms with E-state index in [1.54, 1.807) is 0 Å². The highest BCUT2D eigenvalue weighted by Crippen LogP contribution is 2.14. The van der Waals surface area contributed by atoms with E-state index in [-0.39, 0.29) is 0 Å². The number of nitrogens with zero attached hydrogens (tertiary/aromatic N) is 1. The number of aliphatic hydroxyl groups excluding tert-OH is 1. The Morgan fingerprint density at radius 3 is 2.54 bits per heavy atom. The number of aliphatic hydroxyl groups is 1. The lowest BCUT2D eigenvalue weighted by Gasteiger charge is -1.98. The van der Waals surface area contributed by atoms with Crippen LogP contribution in [0.3, 0.4) is 0 Å². The van der Waals surface area contributed by atoms with Crippen LogP contribution < -0.4 is 0 Å². The van der Waals surface area contributed by atoms with Crippen LogP contribution in [-0.2, 0) is 4.79 Å². The fourth-order valence-electron chi connectivity index (χ4n) is 1.34. The molecule has 3 nitrogen and oxygen atoms in total. The van der Waals surface area contributed by atoms with Crippen LogP contribution in [0.1, 0.15) is 12.0 Å². The topological polar surface area (TPSA) is 49.7 Å². The highest BCUT2D eigenvalue weighted by Gasteiger charge is 2.25. The average molecular weight is 175 g/mol. The third-order valence-electron chi connectivity index (χ3n) is 2.02. The standard InChI is InChI=1S/C10H9NO2/c12-9-6-8(11-10(9)13)7-4-2-1-3-5-7/h1-5,9,12H,6H2. The van der Waals surface area contributed by atoms with Crippen molar-refractivity contribution in [3.8, 4) is 0 Å². The second-order valence-electron chi connectivity index (χ2n) is 2.98. The van der Waals surface area contributed by atoms with Crippen molar-refractivity contribution in [3.63, 3.8) is 0 Å². The maximum Gasteiger partial charge on any atom is 0.275 e. The molecule has 1 N–H and O–H groups in total. The van der Waals surface area contributed by atoms with Crippen LogP contribution in [0.4, 0.5) is 0 Å². The number of benzene rings is 1. The van der Waals surface area contributed by atoms with Gasteiger partial charge < -0.3 is 5.11 Å². The zero-order valence-electron chi connectivity index (χ0n) is 6.97. The molecule has 1 amide bonds. The lowest BCUT2D eigenvalue weighted by atomic mass is 10.1. The average Bonchev–Trinajstić information content (AvgIpc) is 2.49. The van der Waals surface area contributed by atoms with E-state index in [0.29, 0.717) is 12.1 Å². The van der Waals surface area contributed by atoms with E-state index < -0.39 is 12.0 Å². The minimum Gasteiger partial charge on any atom is -0.383 e. The second-order valence-corrected chi connectivity index (χ2v) is 2.98. The van der Waals surface area contributed by atoms with E-state index in [1.807, 2.05) is 30.3 Å². The summed E-state index contributed by atoms with van der Waals surface area (Å²) < 4.78 is 0. The minimum atomic E-state index is -0.935. The molecule has 3 heteroatoms. The number of rotatable bonds is 1. The summed E-state index contributed by atoms with van der Waals surface area (Å²) in [6.07, 6.45) is -0.599. The van der Waals surface area contributed by atoms with Gasteiger partial charge in [-0.15, -0.1) is 0 Å². The third kappa shape index (κ3) is 1.51. The van der Waals surface area contributed by atoms with Crippen molar-refractivity contribution >= 4 is 11.6 Å². The second kappa shape index (κ2) is 3.11. The number of hydrogen-bond acceptors (Lipinski definition) is 2. The highest BCUT2D eigenvalue weighted by molar-refractivity contribution is 6.13. The molecule has 0 radical (unpaired) electrons. The molecule has 0 fully saturated rings. The predicted molar refractivity (Wildman–Crippen MR) is 48.6 cm³/mol. The van der Waals surface area contributed by atoms with Gasteiger partial charge in [0.2, 0.25) is 0 Å². The predicted octanol–water partition coefficient (Wildman–Crippen LogP) is 0.767. The van der Waals surface area contributed by atoms with Gasteiger partial charge in [-0.05, 0) is 5.56 Å². The fourth-order valence-corrected chi connectivity index (χ4v) is 1.34. The van der Waals surface area contributed by atoms with Crippen LogP contribution in [0, 0.1) is 0 Å². The van der Waals surface area contributed by atoms with E-state index in [1.165, 1.54) is 0 Å². The summed E-state index contributed by atoms with van der Waals surface area (Å²) in [5, 5.41) is 9.17. The molecule has 13 heavy (non-hydrogen) atoms. The summed E-state index contributed by atoms with van der Waals surface area (Å²) in [7, 11) is 0. The van der Waals surface area contributed by atoms with Crippen molar-refractivity contribution < 1.29 is 9.90 Å². The van der Waals surface area contributed by atoms with Gasteiger partial charge in [0.25, 0.3) is 5.91 Å². The van der Waals surface area contributed by atoms with Gasteiger partial charge in [0, 0.05) is 6.42 Å². The van der Waals surface area contributed by atoms with Crippen molar-refractivity contribution in [3.05, 3.63) is 35.9 Å². The molecule has 0 saturated carbocycles. The van der Waals surface area contributed by atoms with Gasteiger partial charge >= 0.3 is 0 Å². The Balaban J connectivity index is 2.30. The molecular weight excluding hydrogens is 166 g/mol. The van der Waals surface area contributed by atoms with E-state index in [4.69, 9.17) is 5.11 Å². The summed E-state index contributed by atoms with van der Waals surface area (Å²) in [6, 6.07) is 9.42. The third-order valence-corrected chi connectivity index (χ3v) is 2.02. The normalized spacial score (nSPS) is 21.8. The molecule has 1 aromatic rings. The molecule has 1 heterocycles. The van der Waals surface area contributed by atoms with Crippen molar-refractivity contribution in [2.75, 3.05) is 0 Å². The number of carbonyl (C=O) groups is 1. The van der Waals surface area contributed by atoms with Gasteiger partial charge in [-0.2, -0.15) is 0 Å². The smallest absolute Gasteiger partial charge is 0.275 e. The van der Waals surface area contributed by atoms with Crippen LogP contribution in [-0.4, -0.2) is 22.8 Å². The first-order chi connectivity index (χ1) is 6.27. The van der Waals surface area contributed by atoms with Gasteiger partial charge in [0.15, 0.2) is 0 Å². The molecule has 66 valence electrons. The summed E-state index contributed by atoms with van der Waals surface area (Å²) in [5.41, 5.74) is 1.59. The van der Waals surface area contributed by atoms with Gasteiger partial charge in [-0.25, -0.2) is 4.99 Å². The number of aliphatic imine (C=N–C) groups is 1. The molecule has 1 aliphatic rings. The number of hydrogen-bond donors (Lipinski definition) is 1. The summed E-state index contributed by atoms with van der Waals surface area (Å²) >= 11 is 0. The van der Waals surface area contributed by atoms with Crippen molar-refractivity contribution in [1.29, 1.82) is 0 Å². The molecule has 1 aromatic carbocycles. The Bertz CT molecular complexity index is 356. The Morgan fingerprint density at radius 1 is 1.31 bits per heavy atom. The maximum absolute atomic E-state index is 10.9. The van der Waals surface area contributed by atoms with Crippen LogP contribution >= 0.6 is 0 Å². The van der Waals surface area contributed by atoms with Gasteiger partial charge in [-0.3, -0.25) is 4.79 Å². The minimum absolute atomic E-state index is 0.336. The molecule has 0 spiro atoms. The molecule has 0 bridgehead atoms. The Morgan fingerprint density at radius 2 is 2.00 bits per heavy atom. The van der Waals surface area contributed by atoms with E-state index >= 15 is 0 Å². The molecule has 0 aromatic heterocycles. The highest BCUT2D eigenvalue weighted by atomic mass is 16.3. The van der Waals surface area contributed by atoms with E-state index in [9.17, 15) is 4.79 Å². The first-order valence-corrected chi connectivity index (χ1v) is 4.12. The fraction of sp³-hybridized carbons (Fsp3) is 0.200. The SMILES string of the molecule is O=C1N=C(c2ccccc2)CC1O. The monoisotopic (exact) mass is 175 g/mol. The van der Waals surface area contributed by atoms with Crippen molar-refractivity contribution in [2.24, 2.45) is 4.99 Å². The van der Waals surface area contributed by atoms with Crippen LogP contribution in [0.25, 0.3) is 0 Å². The molecule has 0 aliphatic carbocycles. The molecule has 1 unspecified atom stereocenters. The van der Waals surface area contributed by atoms with Gasteiger partial charge in [0.1, 0.15) is 6.10 Å². The quantitative estimate of drug-likeness (QED) is 0.685. The van der Waals surface area contributed by atoms with Crippen molar-refractivity contribution in [2.45, 2.75) is 12.5 Å². The molecule has 2 rings (SSSR count). The molecule has 0 saturated heterocycles. The zero-order chi connectivity index (χ0) is 9.26. The first kappa shape index (κ1) is 8.13. The van der Waals surface area contributed by atoms with Crippen LogP contribution in [0.15, 0.2) is 35.3 Å². The van der Waals surface area contributed by atoms with Gasteiger partial charge in [0.05, 0.1) is 5.71 Å². The van der Waals surface area contributed by atoms with Gasteiger partial charge in [-0.1, -0.05) is 30.3 Å². The van der Waals surface area contributed by atoms with E-state index in [2.05, 4.69) is 4.99 Å². The Labute approximate surface area is 75.7 Å². The Kier molecular flexibility index (Phi) is 1.94. The van der Waals surface area contributed by atoms with Crippen LogP contribution in [0.2, 0.25) is 0 Å². The molecule has 1 atom stereocenters. The molecule has 1 aliphatic heterocycles.